The summed E-state index contributed by atoms with van der Waals surface area (Å²) in [5, 5.41) is 1.98. The zero-order valence-electron chi connectivity index (χ0n) is 12.0. The van der Waals surface area contributed by atoms with Gasteiger partial charge in [0.05, 0.1) is 4.53 Å². The Morgan fingerprint density at radius 2 is 2.04 bits per heavy atom. The molecule has 3 heterocycles. The second-order valence-electron chi connectivity index (χ2n) is 5.10. The van der Waals surface area contributed by atoms with Crippen molar-refractivity contribution in [1.82, 2.24) is 4.57 Å². The fourth-order valence-corrected chi connectivity index (χ4v) is 4.11. The molecule has 3 aromatic rings. The normalized spacial score (nSPS) is 14.7. The SMILES string of the molecule is O=c1c(=Cc2cccs2)sc2n1CN(c1ccc(F)cc1)CN=2. The van der Waals surface area contributed by atoms with E-state index in [9.17, 15) is 9.18 Å². The summed E-state index contributed by atoms with van der Waals surface area (Å²) < 4.78 is 15.4. The van der Waals surface area contributed by atoms with Gasteiger partial charge in [-0.05, 0) is 41.8 Å². The molecule has 2 aromatic heterocycles. The molecule has 0 spiro atoms. The van der Waals surface area contributed by atoms with Gasteiger partial charge >= 0.3 is 0 Å². The first-order valence-corrected chi connectivity index (χ1v) is 8.70. The molecule has 0 atom stereocenters. The predicted octanol–water partition coefficient (Wildman–Crippen LogP) is 1.99. The van der Waals surface area contributed by atoms with Gasteiger partial charge < -0.3 is 4.90 Å². The lowest BCUT2D eigenvalue weighted by Crippen LogP contribution is -2.42. The Kier molecular flexibility index (Phi) is 3.59. The van der Waals surface area contributed by atoms with Crippen molar-refractivity contribution in [3.8, 4) is 0 Å². The van der Waals surface area contributed by atoms with Crippen LogP contribution in [0.3, 0.4) is 0 Å². The van der Waals surface area contributed by atoms with E-state index >= 15 is 0 Å². The Hall–Kier alpha value is -2.25. The van der Waals surface area contributed by atoms with Crippen LogP contribution in [-0.2, 0) is 6.67 Å². The van der Waals surface area contributed by atoms with E-state index in [4.69, 9.17) is 0 Å². The molecule has 0 saturated carbocycles. The van der Waals surface area contributed by atoms with Gasteiger partial charge in [0.2, 0.25) is 0 Å². The Morgan fingerprint density at radius 3 is 2.78 bits per heavy atom. The maximum Gasteiger partial charge on any atom is 0.271 e. The summed E-state index contributed by atoms with van der Waals surface area (Å²) >= 11 is 3.01. The second kappa shape index (κ2) is 5.75. The van der Waals surface area contributed by atoms with Crippen LogP contribution in [0.4, 0.5) is 10.1 Å². The fourth-order valence-electron chi connectivity index (χ4n) is 2.43. The van der Waals surface area contributed by atoms with Crippen molar-refractivity contribution in [2.75, 3.05) is 11.6 Å². The first-order valence-electron chi connectivity index (χ1n) is 7.00. The lowest BCUT2D eigenvalue weighted by molar-refractivity contribution is 0.568. The first-order chi connectivity index (χ1) is 11.2. The number of thiazole rings is 1. The van der Waals surface area contributed by atoms with Gasteiger partial charge in [0.1, 0.15) is 19.2 Å². The summed E-state index contributed by atoms with van der Waals surface area (Å²) in [5.41, 5.74) is 0.816. The quantitative estimate of drug-likeness (QED) is 0.712. The smallest absolute Gasteiger partial charge is 0.271 e. The minimum Gasteiger partial charge on any atom is -0.334 e. The Balaban J connectivity index is 1.72. The number of fused-ring (bicyclic) bond motifs is 1. The lowest BCUT2D eigenvalue weighted by Gasteiger charge is -2.25. The van der Waals surface area contributed by atoms with E-state index < -0.39 is 0 Å². The van der Waals surface area contributed by atoms with Gasteiger partial charge in [-0.15, -0.1) is 11.3 Å². The molecule has 0 unspecified atom stereocenters. The Labute approximate surface area is 139 Å². The number of halogens is 1. The third-order valence-electron chi connectivity index (χ3n) is 3.59. The predicted molar refractivity (Wildman–Crippen MR) is 91.0 cm³/mol. The van der Waals surface area contributed by atoms with Crippen LogP contribution in [0.1, 0.15) is 4.88 Å². The minimum atomic E-state index is -0.274. The Bertz CT molecular complexity index is 1000. The van der Waals surface area contributed by atoms with Crippen LogP contribution >= 0.6 is 22.7 Å². The molecule has 1 aliphatic rings. The van der Waals surface area contributed by atoms with Gasteiger partial charge in [-0.1, -0.05) is 17.4 Å². The van der Waals surface area contributed by atoms with Gasteiger partial charge in [0, 0.05) is 10.6 Å². The highest BCUT2D eigenvalue weighted by Crippen LogP contribution is 2.16. The summed E-state index contributed by atoms with van der Waals surface area (Å²) in [7, 11) is 0. The van der Waals surface area contributed by atoms with E-state index in [2.05, 4.69) is 4.99 Å². The number of hydrogen-bond donors (Lipinski definition) is 0. The summed E-state index contributed by atoms with van der Waals surface area (Å²) in [6, 6.07) is 10.2. The van der Waals surface area contributed by atoms with E-state index in [1.54, 1.807) is 28.0 Å². The molecule has 0 amide bonds. The highest BCUT2D eigenvalue weighted by atomic mass is 32.1. The monoisotopic (exact) mass is 345 g/mol. The van der Waals surface area contributed by atoms with Crippen LogP contribution < -0.4 is 19.8 Å². The van der Waals surface area contributed by atoms with Gasteiger partial charge in [0.15, 0.2) is 4.80 Å². The van der Waals surface area contributed by atoms with Crippen LogP contribution in [0.2, 0.25) is 0 Å². The molecule has 1 aliphatic heterocycles. The third-order valence-corrected chi connectivity index (χ3v) is 5.45. The van der Waals surface area contributed by atoms with Crippen LogP contribution in [0.15, 0.2) is 51.6 Å². The van der Waals surface area contributed by atoms with Crippen molar-refractivity contribution in [3.05, 3.63) is 72.2 Å². The molecule has 1 aromatic carbocycles. The lowest BCUT2D eigenvalue weighted by atomic mass is 10.3. The maximum absolute atomic E-state index is 13.0. The second-order valence-corrected chi connectivity index (χ2v) is 7.09. The zero-order valence-corrected chi connectivity index (χ0v) is 13.6. The third kappa shape index (κ3) is 2.73. The summed E-state index contributed by atoms with van der Waals surface area (Å²) in [6.45, 7) is 0.891. The minimum absolute atomic E-state index is 0.0334. The number of aromatic nitrogens is 1. The molecular formula is C16H12FN3OS2. The number of thiophene rings is 1. The molecule has 7 heteroatoms. The number of rotatable bonds is 2. The van der Waals surface area contributed by atoms with Crippen LogP contribution in [0.25, 0.3) is 6.08 Å². The maximum atomic E-state index is 13.0. The molecule has 0 radical (unpaired) electrons. The van der Waals surface area contributed by atoms with Crippen molar-refractivity contribution < 1.29 is 4.39 Å². The molecule has 4 rings (SSSR count). The van der Waals surface area contributed by atoms with Crippen LogP contribution in [-0.4, -0.2) is 11.2 Å². The zero-order chi connectivity index (χ0) is 15.8. The average molecular weight is 345 g/mol. The van der Waals surface area contributed by atoms with Crippen molar-refractivity contribution in [3.63, 3.8) is 0 Å². The molecule has 116 valence electrons. The van der Waals surface area contributed by atoms with Crippen LogP contribution in [0.5, 0.6) is 0 Å². The summed E-state index contributed by atoms with van der Waals surface area (Å²) in [5.74, 6) is -0.274. The van der Waals surface area contributed by atoms with Crippen molar-refractivity contribution in [2.24, 2.45) is 4.99 Å². The average Bonchev–Trinajstić information content (AvgIpc) is 3.17. The van der Waals surface area contributed by atoms with Crippen LogP contribution in [0, 0.1) is 5.82 Å². The molecule has 4 nitrogen and oxygen atoms in total. The summed E-state index contributed by atoms with van der Waals surface area (Å²) in [6.07, 6.45) is 1.90. The fraction of sp³-hybridized carbons (Fsp3) is 0.125. The van der Waals surface area contributed by atoms with Crippen molar-refractivity contribution in [1.29, 1.82) is 0 Å². The standard InChI is InChI=1S/C16H12FN3OS2/c17-11-3-5-12(6-4-11)19-9-18-16-20(10-19)15(21)14(23-16)8-13-2-1-7-22-13/h1-8H,9-10H2. The molecule has 0 saturated heterocycles. The molecule has 0 fully saturated rings. The first kappa shape index (κ1) is 14.3. The van der Waals surface area contributed by atoms with Crippen molar-refractivity contribution >= 4 is 34.4 Å². The molecule has 0 N–H and O–H groups in total. The van der Waals surface area contributed by atoms with E-state index in [1.165, 1.54) is 23.5 Å². The molecule has 0 bridgehead atoms. The Morgan fingerprint density at radius 1 is 1.22 bits per heavy atom. The molecular weight excluding hydrogens is 333 g/mol. The van der Waals surface area contributed by atoms with E-state index in [-0.39, 0.29) is 11.4 Å². The van der Waals surface area contributed by atoms with Gasteiger partial charge in [-0.3, -0.25) is 9.36 Å². The van der Waals surface area contributed by atoms with Gasteiger partial charge in [-0.25, -0.2) is 9.38 Å². The number of benzene rings is 1. The summed E-state index contributed by atoms with van der Waals surface area (Å²) in [4.78, 5) is 20.8. The number of hydrogen-bond acceptors (Lipinski definition) is 5. The van der Waals surface area contributed by atoms with Gasteiger partial charge in [-0.2, -0.15) is 0 Å². The highest BCUT2D eigenvalue weighted by molar-refractivity contribution is 7.11. The van der Waals surface area contributed by atoms with Crippen molar-refractivity contribution in [2.45, 2.75) is 6.67 Å². The molecule has 23 heavy (non-hydrogen) atoms. The van der Waals surface area contributed by atoms with E-state index in [1.807, 2.05) is 28.5 Å². The molecule has 0 aliphatic carbocycles. The van der Waals surface area contributed by atoms with Gasteiger partial charge in [0.25, 0.3) is 5.56 Å². The highest BCUT2D eigenvalue weighted by Gasteiger charge is 2.15. The number of nitrogens with zero attached hydrogens (tertiary/aromatic N) is 3. The number of anilines is 1. The van der Waals surface area contributed by atoms with E-state index in [0.717, 1.165) is 15.4 Å². The van der Waals surface area contributed by atoms with E-state index in [0.29, 0.717) is 17.9 Å². The topological polar surface area (TPSA) is 37.6 Å². The largest absolute Gasteiger partial charge is 0.334 e.